The first-order chi connectivity index (χ1) is 10.0. The maximum atomic E-state index is 12.4. The van der Waals surface area contributed by atoms with Crippen molar-refractivity contribution in [3.8, 4) is 5.75 Å². The molecule has 0 aliphatic heterocycles. The van der Waals surface area contributed by atoms with Gasteiger partial charge in [0.1, 0.15) is 5.75 Å². The summed E-state index contributed by atoms with van der Waals surface area (Å²) >= 11 is 3.39. The molecule has 1 amide bonds. The summed E-state index contributed by atoms with van der Waals surface area (Å²) < 4.78 is 6.16. The van der Waals surface area contributed by atoms with E-state index in [1.807, 2.05) is 24.3 Å². The van der Waals surface area contributed by atoms with Crippen LogP contribution in [-0.2, 0) is 6.54 Å². The summed E-state index contributed by atoms with van der Waals surface area (Å²) in [4.78, 5) is 14.1. The van der Waals surface area contributed by atoms with Gasteiger partial charge in [-0.2, -0.15) is 0 Å². The van der Waals surface area contributed by atoms with Crippen molar-refractivity contribution in [3.05, 3.63) is 58.1 Å². The van der Waals surface area contributed by atoms with Crippen LogP contribution in [0, 0.1) is 0 Å². The van der Waals surface area contributed by atoms with E-state index in [9.17, 15) is 4.79 Å². The van der Waals surface area contributed by atoms with Crippen LogP contribution in [0.3, 0.4) is 0 Å². The molecule has 21 heavy (non-hydrogen) atoms. The number of nitrogen functional groups attached to an aromatic ring is 1. The third-order valence-electron chi connectivity index (χ3n) is 3.16. The van der Waals surface area contributed by atoms with Crippen molar-refractivity contribution in [2.45, 2.75) is 6.54 Å². The summed E-state index contributed by atoms with van der Waals surface area (Å²) in [6.45, 7) is 0.540. The molecule has 0 bridgehead atoms. The molecule has 0 saturated carbocycles. The fourth-order valence-corrected chi connectivity index (χ4v) is 2.26. The molecule has 0 aromatic heterocycles. The fraction of sp³-hybridized carbons (Fsp3) is 0.188. The summed E-state index contributed by atoms with van der Waals surface area (Å²) in [7, 11) is 3.30. The molecule has 0 aliphatic carbocycles. The third-order valence-corrected chi connectivity index (χ3v) is 3.69. The molecule has 5 heteroatoms. The minimum Gasteiger partial charge on any atom is -0.495 e. The van der Waals surface area contributed by atoms with E-state index >= 15 is 0 Å². The first kappa shape index (κ1) is 15.4. The molecule has 2 N–H and O–H groups in total. The Morgan fingerprint density at radius 3 is 2.52 bits per heavy atom. The SMILES string of the molecule is COc1cc(C(=O)N(C)Cc2ccc(Br)cc2)ccc1N. The number of benzene rings is 2. The van der Waals surface area contributed by atoms with Gasteiger partial charge in [-0.25, -0.2) is 0 Å². The lowest BCUT2D eigenvalue weighted by molar-refractivity contribution is 0.0785. The van der Waals surface area contributed by atoms with Crippen LogP contribution in [0.1, 0.15) is 15.9 Å². The molecule has 4 nitrogen and oxygen atoms in total. The second-order valence-electron chi connectivity index (χ2n) is 4.74. The molecule has 2 aromatic rings. The number of nitrogens with zero attached hydrogens (tertiary/aromatic N) is 1. The lowest BCUT2D eigenvalue weighted by atomic mass is 10.1. The monoisotopic (exact) mass is 348 g/mol. The first-order valence-electron chi connectivity index (χ1n) is 6.44. The Balaban J connectivity index is 2.13. The molecule has 2 aromatic carbocycles. The number of methoxy groups -OCH3 is 1. The van der Waals surface area contributed by atoms with E-state index in [0.29, 0.717) is 23.5 Å². The van der Waals surface area contributed by atoms with Crippen LogP contribution < -0.4 is 10.5 Å². The van der Waals surface area contributed by atoms with E-state index in [4.69, 9.17) is 10.5 Å². The van der Waals surface area contributed by atoms with Crippen LogP contribution in [0.2, 0.25) is 0 Å². The summed E-state index contributed by atoms with van der Waals surface area (Å²) in [5.74, 6) is 0.439. The van der Waals surface area contributed by atoms with Crippen LogP contribution >= 0.6 is 15.9 Å². The largest absolute Gasteiger partial charge is 0.495 e. The van der Waals surface area contributed by atoms with Gasteiger partial charge < -0.3 is 15.4 Å². The van der Waals surface area contributed by atoms with Crippen molar-refractivity contribution in [1.29, 1.82) is 0 Å². The number of ether oxygens (including phenoxy) is 1. The van der Waals surface area contributed by atoms with Crippen LogP contribution in [0.15, 0.2) is 46.9 Å². The number of hydrogen-bond acceptors (Lipinski definition) is 3. The quantitative estimate of drug-likeness (QED) is 0.862. The van der Waals surface area contributed by atoms with Gasteiger partial charge in [0.25, 0.3) is 5.91 Å². The molecule has 0 atom stereocenters. The molecular weight excluding hydrogens is 332 g/mol. The molecule has 2 rings (SSSR count). The van der Waals surface area contributed by atoms with E-state index in [1.165, 1.54) is 7.11 Å². The third kappa shape index (κ3) is 3.76. The summed E-state index contributed by atoms with van der Waals surface area (Å²) in [5, 5.41) is 0. The predicted octanol–water partition coefficient (Wildman–Crippen LogP) is 3.31. The second-order valence-corrected chi connectivity index (χ2v) is 5.66. The smallest absolute Gasteiger partial charge is 0.254 e. The lowest BCUT2D eigenvalue weighted by Crippen LogP contribution is -2.26. The van der Waals surface area contributed by atoms with Gasteiger partial charge >= 0.3 is 0 Å². The highest BCUT2D eigenvalue weighted by Gasteiger charge is 2.14. The predicted molar refractivity (Wildman–Crippen MR) is 87.3 cm³/mol. The Bertz CT molecular complexity index is 641. The number of carbonyl (C=O) groups is 1. The molecule has 110 valence electrons. The minimum absolute atomic E-state index is 0.0729. The summed E-state index contributed by atoms with van der Waals surface area (Å²) in [6.07, 6.45) is 0. The highest BCUT2D eigenvalue weighted by Crippen LogP contribution is 2.23. The topological polar surface area (TPSA) is 55.6 Å². The van der Waals surface area contributed by atoms with E-state index < -0.39 is 0 Å². The summed E-state index contributed by atoms with van der Waals surface area (Å²) in [5.41, 5.74) is 7.90. The Hall–Kier alpha value is -2.01. The van der Waals surface area contributed by atoms with Gasteiger partial charge in [-0.3, -0.25) is 4.79 Å². The highest BCUT2D eigenvalue weighted by molar-refractivity contribution is 9.10. The second kappa shape index (κ2) is 6.63. The number of anilines is 1. The van der Waals surface area contributed by atoms with Crippen LogP contribution in [0.25, 0.3) is 0 Å². The Labute approximate surface area is 132 Å². The van der Waals surface area contributed by atoms with Crippen LogP contribution in [-0.4, -0.2) is 25.0 Å². The number of hydrogen-bond donors (Lipinski definition) is 1. The minimum atomic E-state index is -0.0729. The van der Waals surface area contributed by atoms with E-state index in [0.717, 1.165) is 10.0 Å². The molecule has 0 unspecified atom stereocenters. The van der Waals surface area contributed by atoms with Crippen LogP contribution in [0.5, 0.6) is 5.75 Å². The number of amides is 1. The molecule has 0 aliphatic rings. The van der Waals surface area contributed by atoms with E-state index in [2.05, 4.69) is 15.9 Å². The Morgan fingerprint density at radius 1 is 1.24 bits per heavy atom. The Morgan fingerprint density at radius 2 is 1.90 bits per heavy atom. The maximum Gasteiger partial charge on any atom is 0.254 e. The van der Waals surface area contributed by atoms with Gasteiger partial charge in [0.2, 0.25) is 0 Å². The lowest BCUT2D eigenvalue weighted by Gasteiger charge is -2.18. The van der Waals surface area contributed by atoms with Gasteiger partial charge in [0, 0.05) is 23.6 Å². The molecule has 0 radical (unpaired) electrons. The zero-order chi connectivity index (χ0) is 15.4. The van der Waals surface area contributed by atoms with Crippen LogP contribution in [0.4, 0.5) is 5.69 Å². The van der Waals surface area contributed by atoms with Crippen molar-refractivity contribution < 1.29 is 9.53 Å². The van der Waals surface area contributed by atoms with Gasteiger partial charge in [0.15, 0.2) is 0 Å². The molecular formula is C16H17BrN2O2. The molecule has 0 spiro atoms. The van der Waals surface area contributed by atoms with Gasteiger partial charge in [-0.15, -0.1) is 0 Å². The number of nitrogens with two attached hydrogens (primary N) is 1. The molecule has 0 heterocycles. The zero-order valence-corrected chi connectivity index (χ0v) is 13.6. The molecule has 0 saturated heterocycles. The number of halogens is 1. The first-order valence-corrected chi connectivity index (χ1v) is 7.24. The zero-order valence-electron chi connectivity index (χ0n) is 12.0. The number of carbonyl (C=O) groups excluding carboxylic acids is 1. The van der Waals surface area contributed by atoms with Crippen molar-refractivity contribution in [3.63, 3.8) is 0 Å². The maximum absolute atomic E-state index is 12.4. The van der Waals surface area contributed by atoms with Gasteiger partial charge in [-0.05, 0) is 35.9 Å². The standard InChI is InChI=1S/C16H17BrN2O2/c1-19(10-11-3-6-13(17)7-4-11)16(20)12-5-8-14(18)15(9-12)21-2/h3-9H,10,18H2,1-2H3. The van der Waals surface area contributed by atoms with Crippen molar-refractivity contribution in [2.75, 3.05) is 19.9 Å². The highest BCUT2D eigenvalue weighted by atomic mass is 79.9. The summed E-state index contributed by atoms with van der Waals surface area (Å²) in [6, 6.07) is 12.9. The van der Waals surface area contributed by atoms with Crippen molar-refractivity contribution in [1.82, 2.24) is 4.90 Å². The van der Waals surface area contributed by atoms with Gasteiger partial charge in [0.05, 0.1) is 12.8 Å². The van der Waals surface area contributed by atoms with E-state index in [1.54, 1.807) is 30.1 Å². The van der Waals surface area contributed by atoms with E-state index in [-0.39, 0.29) is 5.91 Å². The van der Waals surface area contributed by atoms with Gasteiger partial charge in [-0.1, -0.05) is 28.1 Å². The normalized spacial score (nSPS) is 10.2. The number of rotatable bonds is 4. The Kier molecular flexibility index (Phi) is 4.85. The average Bonchev–Trinajstić information content (AvgIpc) is 2.49. The fourth-order valence-electron chi connectivity index (χ4n) is 2.00. The average molecular weight is 349 g/mol. The molecule has 0 fully saturated rings. The van der Waals surface area contributed by atoms with Crippen molar-refractivity contribution >= 4 is 27.5 Å². The van der Waals surface area contributed by atoms with Crippen molar-refractivity contribution in [2.24, 2.45) is 0 Å².